The molecule has 0 aromatic heterocycles. The Bertz CT molecular complexity index is 1200. The van der Waals surface area contributed by atoms with Crippen LogP contribution < -0.4 is 10.2 Å². The van der Waals surface area contributed by atoms with Gasteiger partial charge < -0.3 is 10.2 Å². The van der Waals surface area contributed by atoms with Gasteiger partial charge in [-0.25, -0.2) is 12.8 Å². The minimum atomic E-state index is -3.88. The number of nitrogens with zero attached hydrogens (tertiary/aromatic N) is 2. The molecule has 2 aromatic carbocycles. The van der Waals surface area contributed by atoms with Crippen LogP contribution in [0, 0.1) is 11.7 Å². The van der Waals surface area contributed by atoms with Crippen LogP contribution in [-0.2, 0) is 32.6 Å². The van der Waals surface area contributed by atoms with Gasteiger partial charge in [0.2, 0.25) is 21.8 Å². The topological polar surface area (TPSA) is 86.8 Å². The lowest BCUT2D eigenvalue weighted by Crippen LogP contribution is -2.45. The van der Waals surface area contributed by atoms with Gasteiger partial charge in [-0.15, -0.1) is 0 Å². The molecule has 2 aromatic rings. The van der Waals surface area contributed by atoms with E-state index in [0.717, 1.165) is 11.1 Å². The number of halogens is 2. The van der Waals surface area contributed by atoms with Crippen LogP contribution in [0.15, 0.2) is 45.8 Å². The normalized spacial score (nSPS) is 18.6. The monoisotopic (exact) mass is 551 g/mol. The van der Waals surface area contributed by atoms with Crippen molar-refractivity contribution in [1.82, 2.24) is 9.62 Å². The van der Waals surface area contributed by atoms with Gasteiger partial charge in [-0.05, 0) is 70.6 Å². The van der Waals surface area contributed by atoms with Crippen LogP contribution in [0.4, 0.5) is 10.1 Å². The molecule has 1 N–H and O–H groups in total. The quantitative estimate of drug-likeness (QED) is 0.594. The van der Waals surface area contributed by atoms with Crippen LogP contribution in [0.5, 0.6) is 0 Å². The maximum absolute atomic E-state index is 13.6. The van der Waals surface area contributed by atoms with Gasteiger partial charge in [0.05, 0.1) is 10.8 Å². The van der Waals surface area contributed by atoms with Crippen LogP contribution in [-0.4, -0.2) is 44.2 Å². The Hall–Kier alpha value is -2.30. The Kier molecular flexibility index (Phi) is 7.39. The predicted octanol–water partition coefficient (Wildman–Crippen LogP) is 3.60. The zero-order valence-electron chi connectivity index (χ0n) is 18.9. The predicted molar refractivity (Wildman–Crippen MR) is 130 cm³/mol. The van der Waals surface area contributed by atoms with Crippen molar-refractivity contribution in [2.24, 2.45) is 5.92 Å². The van der Waals surface area contributed by atoms with Crippen molar-refractivity contribution < 1.29 is 22.4 Å². The van der Waals surface area contributed by atoms with Gasteiger partial charge in [0, 0.05) is 42.8 Å². The molecule has 4 rings (SSSR count). The third-order valence-corrected chi connectivity index (χ3v) is 9.21. The van der Waals surface area contributed by atoms with Crippen molar-refractivity contribution in [3.8, 4) is 0 Å². The molecule has 2 amide bonds. The van der Waals surface area contributed by atoms with Crippen LogP contribution in [0.3, 0.4) is 0 Å². The Labute approximate surface area is 207 Å². The molecule has 0 spiro atoms. The smallest absolute Gasteiger partial charge is 0.244 e. The Morgan fingerprint density at radius 2 is 1.91 bits per heavy atom. The van der Waals surface area contributed by atoms with Crippen molar-refractivity contribution in [3.63, 3.8) is 0 Å². The first-order valence-electron chi connectivity index (χ1n) is 11.4. The fourth-order valence-electron chi connectivity index (χ4n) is 4.49. The molecule has 0 aliphatic carbocycles. The fourth-order valence-corrected chi connectivity index (χ4v) is 7.08. The minimum Gasteiger partial charge on any atom is -0.352 e. The van der Waals surface area contributed by atoms with Crippen LogP contribution >= 0.6 is 15.9 Å². The fraction of sp³-hybridized carbons (Fsp3) is 0.417. The summed E-state index contributed by atoms with van der Waals surface area (Å²) in [6.45, 7) is 2.98. The van der Waals surface area contributed by atoms with E-state index in [-0.39, 0.29) is 35.6 Å². The molecule has 2 aliphatic rings. The molecular formula is C24H27BrFN3O4S. The van der Waals surface area contributed by atoms with E-state index in [1.165, 1.54) is 16.4 Å². The highest BCUT2D eigenvalue weighted by molar-refractivity contribution is 9.10. The van der Waals surface area contributed by atoms with Gasteiger partial charge in [-0.1, -0.05) is 19.1 Å². The zero-order chi connectivity index (χ0) is 24.5. The molecule has 34 heavy (non-hydrogen) atoms. The summed E-state index contributed by atoms with van der Waals surface area (Å²) in [5.41, 5.74) is 2.34. The zero-order valence-corrected chi connectivity index (χ0v) is 21.3. The summed E-state index contributed by atoms with van der Waals surface area (Å²) in [6.07, 6.45) is 2.18. The number of sulfonamides is 1. The van der Waals surface area contributed by atoms with Gasteiger partial charge in [0.25, 0.3) is 0 Å². The highest BCUT2D eigenvalue weighted by atomic mass is 79.9. The molecule has 1 atom stereocenters. The summed E-state index contributed by atoms with van der Waals surface area (Å²) in [4.78, 5) is 26.8. The summed E-state index contributed by atoms with van der Waals surface area (Å²) in [7, 11) is -3.88. The summed E-state index contributed by atoms with van der Waals surface area (Å²) >= 11 is 3.41. The third-order valence-electron chi connectivity index (χ3n) is 6.38. The number of piperidine rings is 1. The highest BCUT2D eigenvalue weighted by Crippen LogP contribution is 2.37. The maximum Gasteiger partial charge on any atom is 0.244 e. The Balaban J connectivity index is 1.50. The van der Waals surface area contributed by atoms with Gasteiger partial charge >= 0.3 is 0 Å². The van der Waals surface area contributed by atoms with Gasteiger partial charge in [-0.2, -0.15) is 4.31 Å². The number of rotatable bonds is 6. The first kappa shape index (κ1) is 24.8. The minimum absolute atomic E-state index is 0.0414. The number of amides is 2. The number of hydrogen-bond donors (Lipinski definition) is 1. The van der Waals surface area contributed by atoms with Gasteiger partial charge in [-0.3, -0.25) is 9.59 Å². The van der Waals surface area contributed by atoms with Gasteiger partial charge in [0.1, 0.15) is 5.82 Å². The van der Waals surface area contributed by atoms with E-state index >= 15 is 0 Å². The second kappa shape index (κ2) is 10.1. The SMILES string of the molecule is CCC(=O)N1CCc2cc(Br)c(S(=O)(=O)N3CCC[C@H](C(=O)NCc4ccc(F)cc4)C3)cc21. The number of hydrogen-bond acceptors (Lipinski definition) is 4. The van der Waals surface area contributed by atoms with E-state index in [0.29, 0.717) is 48.9 Å². The van der Waals surface area contributed by atoms with E-state index in [1.807, 2.05) is 0 Å². The molecule has 0 unspecified atom stereocenters. The molecule has 0 bridgehead atoms. The molecule has 7 nitrogen and oxygen atoms in total. The number of fused-ring (bicyclic) bond motifs is 1. The molecule has 2 aliphatic heterocycles. The van der Waals surface area contributed by atoms with Crippen LogP contribution in [0.2, 0.25) is 0 Å². The number of benzene rings is 2. The molecule has 0 radical (unpaired) electrons. The lowest BCUT2D eigenvalue weighted by molar-refractivity contribution is -0.126. The van der Waals surface area contributed by atoms with Crippen molar-refractivity contribution in [2.75, 3.05) is 24.5 Å². The van der Waals surface area contributed by atoms with E-state index in [9.17, 15) is 22.4 Å². The second-order valence-electron chi connectivity index (χ2n) is 8.61. The Morgan fingerprint density at radius 1 is 1.18 bits per heavy atom. The summed E-state index contributed by atoms with van der Waals surface area (Å²) in [5, 5.41) is 2.83. The molecule has 1 saturated heterocycles. The summed E-state index contributed by atoms with van der Waals surface area (Å²) < 4.78 is 42.0. The number of anilines is 1. The maximum atomic E-state index is 13.6. The third kappa shape index (κ3) is 5.04. The first-order chi connectivity index (χ1) is 16.2. The van der Waals surface area contributed by atoms with Gasteiger partial charge in [0.15, 0.2) is 0 Å². The van der Waals surface area contributed by atoms with Crippen LogP contribution in [0.1, 0.15) is 37.3 Å². The number of nitrogens with one attached hydrogen (secondary N) is 1. The average molecular weight is 552 g/mol. The van der Waals surface area contributed by atoms with Crippen molar-refractivity contribution >= 4 is 43.5 Å². The van der Waals surface area contributed by atoms with Crippen LogP contribution in [0.25, 0.3) is 0 Å². The van der Waals surface area contributed by atoms with E-state index in [4.69, 9.17) is 0 Å². The molecule has 0 saturated carbocycles. The molecule has 182 valence electrons. The highest BCUT2D eigenvalue weighted by Gasteiger charge is 2.36. The second-order valence-corrected chi connectivity index (χ2v) is 11.4. The summed E-state index contributed by atoms with van der Waals surface area (Å²) in [6, 6.07) is 9.23. The molecule has 2 heterocycles. The van der Waals surface area contributed by atoms with E-state index in [2.05, 4.69) is 21.2 Å². The standard InChI is InChI=1S/C24H27BrFN3O4S/c1-2-23(30)29-11-9-17-12-20(25)22(13-21(17)29)34(32,33)28-10-3-4-18(15-28)24(31)27-14-16-5-7-19(26)8-6-16/h5-8,12-13,18H,2-4,9-11,14-15H2,1H3,(H,27,31)/t18-/m0/s1. The lowest BCUT2D eigenvalue weighted by atomic mass is 9.99. The van der Waals surface area contributed by atoms with Crippen molar-refractivity contribution in [3.05, 3.63) is 57.8 Å². The van der Waals surface area contributed by atoms with Crippen molar-refractivity contribution in [2.45, 2.75) is 44.0 Å². The summed E-state index contributed by atoms with van der Waals surface area (Å²) in [5.74, 6) is -1.09. The van der Waals surface area contributed by atoms with E-state index < -0.39 is 15.9 Å². The Morgan fingerprint density at radius 3 is 2.62 bits per heavy atom. The molecule has 1 fully saturated rings. The average Bonchev–Trinajstić information content (AvgIpc) is 3.25. The largest absolute Gasteiger partial charge is 0.352 e. The van der Waals surface area contributed by atoms with E-state index in [1.54, 1.807) is 36.1 Å². The molecular weight excluding hydrogens is 525 g/mol. The number of carbonyl (C=O) groups is 2. The molecule has 10 heteroatoms. The van der Waals surface area contributed by atoms with Crippen molar-refractivity contribution in [1.29, 1.82) is 0 Å². The first-order valence-corrected chi connectivity index (χ1v) is 13.6. The lowest BCUT2D eigenvalue weighted by Gasteiger charge is -2.31. The number of carbonyl (C=O) groups excluding carboxylic acids is 2.